The molecule has 0 amide bonds. The number of halogens is 1. The highest BCUT2D eigenvalue weighted by Crippen LogP contribution is 2.30. The maximum Gasteiger partial charge on any atom is 0.0222 e. The smallest absolute Gasteiger partial charge is 0.0222 e. The third kappa shape index (κ3) is 4.01. The molecule has 0 saturated heterocycles. The molecule has 1 nitrogen and oxygen atoms in total. The summed E-state index contributed by atoms with van der Waals surface area (Å²) >= 11 is 5.77. The number of rotatable bonds is 5. The number of hydrogen-bond acceptors (Lipinski definition) is 2. The zero-order valence-electron chi connectivity index (χ0n) is 11.2. The highest BCUT2D eigenvalue weighted by atomic mass is 79.9. The van der Waals surface area contributed by atoms with Gasteiger partial charge in [-0.15, -0.1) is 0 Å². The van der Waals surface area contributed by atoms with Crippen molar-refractivity contribution >= 4 is 27.7 Å². The van der Waals surface area contributed by atoms with Gasteiger partial charge in [0.1, 0.15) is 0 Å². The van der Waals surface area contributed by atoms with Crippen molar-refractivity contribution in [1.29, 1.82) is 0 Å². The summed E-state index contributed by atoms with van der Waals surface area (Å²) in [5.74, 6) is 1.25. The van der Waals surface area contributed by atoms with Crippen LogP contribution in [0.3, 0.4) is 0 Å². The Morgan fingerprint density at radius 2 is 2.22 bits per heavy atom. The SMILES string of the molecule is CCSC1CCC(NCc2ccc(C)cc2Br)C1. The molecule has 1 aromatic rings. The van der Waals surface area contributed by atoms with Gasteiger partial charge in [-0.05, 0) is 49.1 Å². The summed E-state index contributed by atoms with van der Waals surface area (Å²) in [5, 5.41) is 4.59. The molecular formula is C15H22BrNS. The van der Waals surface area contributed by atoms with Gasteiger partial charge < -0.3 is 5.32 Å². The van der Waals surface area contributed by atoms with Crippen molar-refractivity contribution in [3.63, 3.8) is 0 Å². The summed E-state index contributed by atoms with van der Waals surface area (Å²) in [5.41, 5.74) is 2.68. The Labute approximate surface area is 123 Å². The zero-order valence-corrected chi connectivity index (χ0v) is 13.6. The molecule has 2 unspecified atom stereocenters. The van der Waals surface area contributed by atoms with Crippen molar-refractivity contribution in [3.05, 3.63) is 33.8 Å². The normalized spacial score (nSPS) is 23.5. The summed E-state index contributed by atoms with van der Waals surface area (Å²) < 4.78 is 1.23. The molecule has 2 rings (SSSR count). The van der Waals surface area contributed by atoms with Gasteiger partial charge in [0, 0.05) is 22.3 Å². The van der Waals surface area contributed by atoms with Crippen LogP contribution in [-0.4, -0.2) is 17.0 Å². The third-order valence-corrected chi connectivity index (χ3v) is 5.55. The van der Waals surface area contributed by atoms with Crippen molar-refractivity contribution in [1.82, 2.24) is 5.32 Å². The van der Waals surface area contributed by atoms with Gasteiger partial charge in [0.15, 0.2) is 0 Å². The van der Waals surface area contributed by atoms with Gasteiger partial charge >= 0.3 is 0 Å². The van der Waals surface area contributed by atoms with Gasteiger partial charge in [-0.2, -0.15) is 11.8 Å². The van der Waals surface area contributed by atoms with E-state index in [2.05, 4.69) is 65.1 Å². The summed E-state index contributed by atoms with van der Waals surface area (Å²) in [7, 11) is 0. The van der Waals surface area contributed by atoms with Crippen LogP contribution in [0.4, 0.5) is 0 Å². The van der Waals surface area contributed by atoms with E-state index in [1.54, 1.807) is 0 Å². The highest BCUT2D eigenvalue weighted by Gasteiger charge is 2.23. The van der Waals surface area contributed by atoms with Gasteiger partial charge in [0.25, 0.3) is 0 Å². The molecule has 0 aromatic heterocycles. The first kappa shape index (κ1) is 14.4. The minimum atomic E-state index is 0.710. The van der Waals surface area contributed by atoms with Crippen molar-refractivity contribution in [2.24, 2.45) is 0 Å². The largest absolute Gasteiger partial charge is 0.310 e. The average Bonchev–Trinajstić information content (AvgIpc) is 2.76. The first-order valence-corrected chi connectivity index (χ1v) is 8.63. The van der Waals surface area contributed by atoms with Gasteiger partial charge in [-0.25, -0.2) is 0 Å². The number of thioether (sulfide) groups is 1. The van der Waals surface area contributed by atoms with Crippen molar-refractivity contribution in [2.75, 3.05) is 5.75 Å². The molecule has 18 heavy (non-hydrogen) atoms. The van der Waals surface area contributed by atoms with Crippen LogP contribution in [0.15, 0.2) is 22.7 Å². The molecular weight excluding hydrogens is 306 g/mol. The Kier molecular flexibility index (Phi) is 5.58. The summed E-state index contributed by atoms with van der Waals surface area (Å²) in [6.45, 7) is 5.37. The maximum absolute atomic E-state index is 3.70. The number of nitrogens with one attached hydrogen (secondary N) is 1. The Bertz CT molecular complexity index is 394. The fourth-order valence-corrected chi connectivity index (χ4v) is 4.34. The average molecular weight is 328 g/mol. The second-order valence-corrected chi connectivity index (χ2v) is 7.49. The predicted octanol–water partition coefficient (Wildman–Crippen LogP) is 4.52. The molecule has 2 atom stereocenters. The lowest BCUT2D eigenvalue weighted by atomic mass is 10.1. The number of aryl methyl sites for hydroxylation is 1. The van der Waals surface area contributed by atoms with Crippen LogP contribution in [0.5, 0.6) is 0 Å². The molecule has 1 aliphatic rings. The third-order valence-electron chi connectivity index (χ3n) is 3.58. The van der Waals surface area contributed by atoms with Crippen LogP contribution in [-0.2, 0) is 6.54 Å². The Hall–Kier alpha value is 0.01000. The molecule has 1 aromatic carbocycles. The van der Waals surface area contributed by atoms with Crippen molar-refractivity contribution in [3.8, 4) is 0 Å². The molecule has 0 spiro atoms. The van der Waals surface area contributed by atoms with E-state index >= 15 is 0 Å². The van der Waals surface area contributed by atoms with E-state index in [-0.39, 0.29) is 0 Å². The van der Waals surface area contributed by atoms with Crippen LogP contribution >= 0.6 is 27.7 Å². The first-order valence-electron chi connectivity index (χ1n) is 6.79. The summed E-state index contributed by atoms with van der Waals surface area (Å²) in [4.78, 5) is 0. The van der Waals surface area contributed by atoms with Gasteiger partial charge in [-0.3, -0.25) is 0 Å². The number of hydrogen-bond donors (Lipinski definition) is 1. The molecule has 1 N–H and O–H groups in total. The lowest BCUT2D eigenvalue weighted by Gasteiger charge is -2.14. The molecule has 0 bridgehead atoms. The second kappa shape index (κ2) is 6.97. The summed E-state index contributed by atoms with van der Waals surface area (Å²) in [6.07, 6.45) is 4.05. The lowest BCUT2D eigenvalue weighted by molar-refractivity contribution is 0.524. The molecule has 1 saturated carbocycles. The molecule has 3 heteroatoms. The molecule has 0 heterocycles. The second-order valence-electron chi connectivity index (χ2n) is 5.06. The van der Waals surface area contributed by atoms with Crippen LogP contribution < -0.4 is 5.32 Å². The van der Waals surface area contributed by atoms with Gasteiger partial charge in [0.2, 0.25) is 0 Å². The van der Waals surface area contributed by atoms with E-state index in [9.17, 15) is 0 Å². The highest BCUT2D eigenvalue weighted by molar-refractivity contribution is 9.10. The van der Waals surface area contributed by atoms with E-state index in [1.807, 2.05) is 0 Å². The lowest BCUT2D eigenvalue weighted by Crippen LogP contribution is -2.26. The van der Waals surface area contributed by atoms with E-state index < -0.39 is 0 Å². The molecule has 1 aliphatic carbocycles. The summed E-state index contributed by atoms with van der Waals surface area (Å²) in [6, 6.07) is 7.31. The Morgan fingerprint density at radius 1 is 1.39 bits per heavy atom. The topological polar surface area (TPSA) is 12.0 Å². The number of benzene rings is 1. The standard InChI is InChI=1S/C15H22BrNS/c1-3-18-14-7-6-13(9-14)17-10-12-5-4-11(2)8-15(12)16/h4-5,8,13-14,17H,3,6-7,9-10H2,1-2H3. The van der Waals surface area contributed by atoms with Crippen LogP contribution in [0.25, 0.3) is 0 Å². The maximum atomic E-state index is 3.70. The monoisotopic (exact) mass is 327 g/mol. The minimum absolute atomic E-state index is 0.710. The molecule has 0 radical (unpaired) electrons. The van der Waals surface area contributed by atoms with Crippen molar-refractivity contribution < 1.29 is 0 Å². The van der Waals surface area contributed by atoms with E-state index in [0.29, 0.717) is 6.04 Å². The van der Waals surface area contributed by atoms with E-state index in [4.69, 9.17) is 0 Å². The minimum Gasteiger partial charge on any atom is -0.310 e. The van der Waals surface area contributed by atoms with E-state index in [1.165, 1.54) is 40.6 Å². The fraction of sp³-hybridized carbons (Fsp3) is 0.600. The quantitative estimate of drug-likeness (QED) is 0.853. The van der Waals surface area contributed by atoms with Crippen LogP contribution in [0.1, 0.15) is 37.3 Å². The van der Waals surface area contributed by atoms with Crippen LogP contribution in [0, 0.1) is 6.92 Å². The first-order chi connectivity index (χ1) is 8.69. The van der Waals surface area contributed by atoms with Gasteiger partial charge in [-0.1, -0.05) is 35.0 Å². The molecule has 0 aliphatic heterocycles. The molecule has 100 valence electrons. The van der Waals surface area contributed by atoms with Crippen molar-refractivity contribution in [2.45, 2.75) is 50.9 Å². The Morgan fingerprint density at radius 3 is 2.94 bits per heavy atom. The predicted molar refractivity (Wildman–Crippen MR) is 85.3 cm³/mol. The fourth-order valence-electron chi connectivity index (χ4n) is 2.56. The Balaban J connectivity index is 1.81. The zero-order chi connectivity index (χ0) is 13.0. The van der Waals surface area contributed by atoms with E-state index in [0.717, 1.165) is 11.8 Å². The van der Waals surface area contributed by atoms with Crippen LogP contribution in [0.2, 0.25) is 0 Å². The van der Waals surface area contributed by atoms with Gasteiger partial charge in [0.05, 0.1) is 0 Å². The molecule has 1 fully saturated rings.